The first-order valence-electron chi connectivity index (χ1n) is 4.09. The summed E-state index contributed by atoms with van der Waals surface area (Å²) < 4.78 is 26.3. The summed E-state index contributed by atoms with van der Waals surface area (Å²) in [6.45, 7) is 0. The molecule has 12 heavy (non-hydrogen) atoms. The monoisotopic (exact) mass is 176 g/mol. The van der Waals surface area contributed by atoms with E-state index in [2.05, 4.69) is 0 Å². The van der Waals surface area contributed by atoms with Crippen molar-refractivity contribution in [2.24, 2.45) is 11.3 Å². The molecule has 2 aliphatic carbocycles. The Bertz CT molecular complexity index is 239. The number of carboxylic acids is 1. The van der Waals surface area contributed by atoms with Crippen LogP contribution in [0.25, 0.3) is 0 Å². The quantitative estimate of drug-likeness (QED) is 0.662. The van der Waals surface area contributed by atoms with E-state index in [0.717, 1.165) is 0 Å². The van der Waals surface area contributed by atoms with Crippen LogP contribution in [0.15, 0.2) is 0 Å². The summed E-state index contributed by atoms with van der Waals surface area (Å²) in [4.78, 5) is 10.7. The molecular formula is C8H10F2O2. The fraction of sp³-hybridized carbons (Fsp3) is 0.875. The Morgan fingerprint density at radius 2 is 2.08 bits per heavy atom. The second-order valence-electron chi connectivity index (χ2n) is 3.90. The highest BCUT2D eigenvalue weighted by molar-refractivity contribution is 5.77. The number of hydrogen-bond acceptors (Lipinski definition) is 1. The number of carbonyl (C=O) groups is 1. The molecule has 0 aromatic carbocycles. The molecule has 2 aliphatic rings. The maximum Gasteiger partial charge on any atom is 0.315 e. The van der Waals surface area contributed by atoms with Gasteiger partial charge in [0, 0.05) is 6.42 Å². The fourth-order valence-corrected chi connectivity index (χ4v) is 2.56. The highest BCUT2D eigenvalue weighted by atomic mass is 19.3. The zero-order valence-electron chi connectivity index (χ0n) is 6.52. The summed E-state index contributed by atoms with van der Waals surface area (Å²) in [5.74, 6) is -4.34. The summed E-state index contributed by atoms with van der Waals surface area (Å²) in [5.41, 5.74) is -1.71. The lowest BCUT2D eigenvalue weighted by molar-refractivity contribution is -0.174. The third kappa shape index (κ3) is 0.704. The maximum absolute atomic E-state index is 13.2. The first kappa shape index (κ1) is 7.95. The molecular weight excluding hydrogens is 166 g/mol. The minimum absolute atomic E-state index is 0.0592. The number of fused-ring (bicyclic) bond motifs is 2. The van der Waals surface area contributed by atoms with Crippen LogP contribution in [-0.2, 0) is 4.79 Å². The van der Waals surface area contributed by atoms with Crippen LogP contribution < -0.4 is 0 Å². The van der Waals surface area contributed by atoms with Crippen LogP contribution in [0, 0.1) is 11.3 Å². The van der Waals surface area contributed by atoms with Gasteiger partial charge in [-0.05, 0) is 25.2 Å². The molecule has 0 saturated heterocycles. The van der Waals surface area contributed by atoms with Crippen LogP contribution in [-0.4, -0.2) is 17.0 Å². The smallest absolute Gasteiger partial charge is 0.315 e. The Morgan fingerprint density at radius 1 is 1.42 bits per heavy atom. The third-order valence-corrected chi connectivity index (χ3v) is 3.27. The van der Waals surface area contributed by atoms with E-state index < -0.39 is 17.3 Å². The second kappa shape index (κ2) is 1.98. The number of hydrogen-bond donors (Lipinski definition) is 1. The summed E-state index contributed by atoms with van der Waals surface area (Å²) in [6.07, 6.45) is 0.760. The van der Waals surface area contributed by atoms with E-state index in [-0.39, 0.29) is 25.2 Å². The van der Waals surface area contributed by atoms with Gasteiger partial charge in [-0.25, -0.2) is 8.78 Å². The number of halogens is 2. The lowest BCUT2D eigenvalue weighted by Crippen LogP contribution is -2.43. The molecule has 2 fully saturated rings. The molecule has 0 spiro atoms. The minimum atomic E-state index is -2.97. The molecule has 0 radical (unpaired) electrons. The third-order valence-electron chi connectivity index (χ3n) is 3.27. The van der Waals surface area contributed by atoms with Crippen molar-refractivity contribution in [2.45, 2.75) is 31.6 Å². The number of aliphatic carboxylic acids is 1. The number of alkyl halides is 2. The van der Waals surface area contributed by atoms with E-state index in [1.807, 2.05) is 0 Å². The average molecular weight is 176 g/mol. The van der Waals surface area contributed by atoms with Crippen molar-refractivity contribution in [3.63, 3.8) is 0 Å². The van der Waals surface area contributed by atoms with Crippen LogP contribution in [0.3, 0.4) is 0 Å². The SMILES string of the molecule is O=C(O)[C@@]12CCC(CC1(F)F)C2. The van der Waals surface area contributed by atoms with Crippen molar-refractivity contribution in [2.75, 3.05) is 0 Å². The summed E-state index contributed by atoms with van der Waals surface area (Å²) in [7, 11) is 0. The molecule has 2 atom stereocenters. The predicted molar refractivity (Wildman–Crippen MR) is 37.0 cm³/mol. The first-order valence-corrected chi connectivity index (χ1v) is 4.09. The lowest BCUT2D eigenvalue weighted by Gasteiger charge is -2.30. The molecule has 0 aromatic rings. The topological polar surface area (TPSA) is 37.3 Å². The zero-order valence-corrected chi connectivity index (χ0v) is 6.52. The van der Waals surface area contributed by atoms with Gasteiger partial charge in [-0.15, -0.1) is 0 Å². The zero-order chi connectivity index (χ0) is 8.98. The van der Waals surface area contributed by atoms with Gasteiger partial charge in [-0.2, -0.15) is 0 Å². The van der Waals surface area contributed by atoms with E-state index in [1.54, 1.807) is 0 Å². The molecule has 2 saturated carbocycles. The van der Waals surface area contributed by atoms with Crippen LogP contribution in [0.4, 0.5) is 8.78 Å². The summed E-state index contributed by atoms with van der Waals surface area (Å²) in [6, 6.07) is 0. The molecule has 0 amide bonds. The van der Waals surface area contributed by atoms with E-state index >= 15 is 0 Å². The Kier molecular flexibility index (Phi) is 1.31. The van der Waals surface area contributed by atoms with Gasteiger partial charge in [-0.1, -0.05) is 0 Å². The minimum Gasteiger partial charge on any atom is -0.481 e. The molecule has 2 nitrogen and oxygen atoms in total. The molecule has 1 N–H and O–H groups in total. The van der Waals surface area contributed by atoms with Crippen molar-refractivity contribution in [1.29, 1.82) is 0 Å². The Hall–Kier alpha value is -0.670. The van der Waals surface area contributed by atoms with Crippen LogP contribution in [0.5, 0.6) is 0 Å². The van der Waals surface area contributed by atoms with Crippen LogP contribution in [0.2, 0.25) is 0 Å². The normalized spacial score (nSPS) is 43.3. The molecule has 2 rings (SSSR count). The number of rotatable bonds is 1. The van der Waals surface area contributed by atoms with Crippen LogP contribution >= 0.6 is 0 Å². The second-order valence-corrected chi connectivity index (χ2v) is 3.90. The lowest BCUT2D eigenvalue weighted by atomic mass is 9.81. The molecule has 0 aromatic heterocycles. The van der Waals surface area contributed by atoms with Gasteiger partial charge in [0.1, 0.15) is 5.41 Å². The Labute approximate surface area is 68.6 Å². The summed E-state index contributed by atoms with van der Waals surface area (Å²) in [5, 5.41) is 8.75. The van der Waals surface area contributed by atoms with Crippen molar-refractivity contribution >= 4 is 5.97 Å². The van der Waals surface area contributed by atoms with Gasteiger partial charge in [0.25, 0.3) is 5.92 Å². The summed E-state index contributed by atoms with van der Waals surface area (Å²) >= 11 is 0. The molecule has 4 heteroatoms. The molecule has 68 valence electrons. The van der Waals surface area contributed by atoms with E-state index in [0.29, 0.717) is 6.42 Å². The van der Waals surface area contributed by atoms with Crippen molar-refractivity contribution < 1.29 is 18.7 Å². The standard InChI is InChI=1S/C8H10F2O2/c9-8(10)4-5-1-2-7(8,3-5)6(11)12/h5H,1-4H2,(H,11,12)/t5?,7-/m0/s1. The Balaban J connectivity index is 2.39. The van der Waals surface area contributed by atoms with Crippen molar-refractivity contribution in [1.82, 2.24) is 0 Å². The van der Waals surface area contributed by atoms with Gasteiger partial charge >= 0.3 is 5.97 Å². The number of carboxylic acid groups (broad SMARTS) is 1. The van der Waals surface area contributed by atoms with Gasteiger partial charge < -0.3 is 5.11 Å². The largest absolute Gasteiger partial charge is 0.481 e. The Morgan fingerprint density at radius 3 is 2.33 bits per heavy atom. The van der Waals surface area contributed by atoms with Crippen molar-refractivity contribution in [3.8, 4) is 0 Å². The average Bonchev–Trinajstić information content (AvgIpc) is 2.40. The van der Waals surface area contributed by atoms with E-state index in [4.69, 9.17) is 5.11 Å². The van der Waals surface area contributed by atoms with Crippen LogP contribution in [0.1, 0.15) is 25.7 Å². The molecule has 2 bridgehead atoms. The van der Waals surface area contributed by atoms with Gasteiger partial charge in [0.15, 0.2) is 0 Å². The van der Waals surface area contributed by atoms with Gasteiger partial charge in [-0.3, -0.25) is 4.79 Å². The fourth-order valence-electron chi connectivity index (χ4n) is 2.56. The molecule has 1 unspecified atom stereocenters. The van der Waals surface area contributed by atoms with Gasteiger partial charge in [0.2, 0.25) is 0 Å². The maximum atomic E-state index is 13.2. The van der Waals surface area contributed by atoms with Crippen molar-refractivity contribution in [3.05, 3.63) is 0 Å². The predicted octanol–water partition coefficient (Wildman–Crippen LogP) is 1.90. The van der Waals surface area contributed by atoms with E-state index in [1.165, 1.54) is 0 Å². The first-order chi connectivity index (χ1) is 5.48. The molecule has 0 heterocycles. The van der Waals surface area contributed by atoms with Gasteiger partial charge in [0.05, 0.1) is 0 Å². The molecule has 0 aliphatic heterocycles. The highest BCUT2D eigenvalue weighted by Gasteiger charge is 2.68. The highest BCUT2D eigenvalue weighted by Crippen LogP contribution is 2.62. The van der Waals surface area contributed by atoms with E-state index in [9.17, 15) is 13.6 Å².